The standard InChI is InChI=1S/C6H13NO8/c8-1-2(9)3(10)4(11)5(12)6(13)15-7-14/h2-6,8-13H,1H2/t2-,3+,4-,5+,6?/m0/s1. The van der Waals surface area contributed by atoms with Gasteiger partial charge in [0.2, 0.25) is 0 Å². The van der Waals surface area contributed by atoms with Crippen LogP contribution in [0.2, 0.25) is 0 Å². The fraction of sp³-hybridized carbons (Fsp3) is 1.00. The maximum Gasteiger partial charge on any atom is 0.256 e. The number of aliphatic hydroxyl groups is 6. The van der Waals surface area contributed by atoms with Crippen molar-refractivity contribution in [1.29, 1.82) is 0 Å². The zero-order chi connectivity index (χ0) is 12.0. The maximum atomic E-state index is 9.53. The highest BCUT2D eigenvalue weighted by Crippen LogP contribution is 2.09. The molecule has 0 radical (unpaired) electrons. The van der Waals surface area contributed by atoms with E-state index >= 15 is 0 Å². The lowest BCUT2D eigenvalue weighted by Gasteiger charge is -2.26. The zero-order valence-electron chi connectivity index (χ0n) is 7.54. The molecule has 0 aromatic carbocycles. The fourth-order valence-electron chi connectivity index (χ4n) is 0.813. The third kappa shape index (κ3) is 4.03. The van der Waals surface area contributed by atoms with Gasteiger partial charge in [0.15, 0.2) is 5.34 Å². The van der Waals surface area contributed by atoms with Crippen LogP contribution in [-0.4, -0.2) is 68.0 Å². The highest BCUT2D eigenvalue weighted by molar-refractivity contribution is 4.81. The molecule has 0 rings (SSSR count). The molecule has 1 unspecified atom stereocenters. The van der Waals surface area contributed by atoms with Crippen molar-refractivity contribution in [2.45, 2.75) is 30.7 Å². The lowest BCUT2D eigenvalue weighted by Crippen LogP contribution is -2.50. The van der Waals surface area contributed by atoms with E-state index < -0.39 is 37.3 Å². The second kappa shape index (κ2) is 6.61. The van der Waals surface area contributed by atoms with Crippen molar-refractivity contribution < 1.29 is 35.5 Å². The molecule has 9 heteroatoms. The highest BCUT2D eigenvalue weighted by Gasteiger charge is 2.35. The SMILES string of the molecule is O=NOC(O)[C@H](O)[C@@H](O)[C@H](O)[C@@H](O)CO. The topological polar surface area (TPSA) is 160 Å². The normalized spacial score (nSPS) is 21.2. The second-order valence-corrected chi connectivity index (χ2v) is 2.79. The summed E-state index contributed by atoms with van der Waals surface area (Å²) in [5, 5.41) is 55.2. The van der Waals surface area contributed by atoms with Crippen LogP contribution >= 0.6 is 0 Å². The van der Waals surface area contributed by atoms with Gasteiger partial charge in [0, 0.05) is 0 Å². The van der Waals surface area contributed by atoms with Crippen LogP contribution in [0.25, 0.3) is 0 Å². The number of nitrogens with zero attached hydrogens (tertiary/aromatic N) is 1. The summed E-state index contributed by atoms with van der Waals surface area (Å²) in [5.41, 5.74) is 0. The monoisotopic (exact) mass is 227 g/mol. The summed E-state index contributed by atoms with van der Waals surface area (Å²) in [4.78, 5) is 13.2. The van der Waals surface area contributed by atoms with Crippen molar-refractivity contribution in [1.82, 2.24) is 0 Å². The second-order valence-electron chi connectivity index (χ2n) is 2.79. The van der Waals surface area contributed by atoms with Gasteiger partial charge in [0.05, 0.1) is 6.61 Å². The van der Waals surface area contributed by atoms with Crippen LogP contribution in [0.4, 0.5) is 0 Å². The molecule has 0 bridgehead atoms. The molecule has 9 nitrogen and oxygen atoms in total. The first-order valence-electron chi connectivity index (χ1n) is 3.95. The minimum Gasteiger partial charge on any atom is -0.394 e. The Kier molecular flexibility index (Phi) is 6.24. The molecule has 0 aliphatic heterocycles. The summed E-state index contributed by atoms with van der Waals surface area (Å²) in [5.74, 6) is 0. The van der Waals surface area contributed by atoms with E-state index in [1.165, 1.54) is 0 Å². The largest absolute Gasteiger partial charge is 0.394 e. The van der Waals surface area contributed by atoms with Crippen molar-refractivity contribution in [3.8, 4) is 0 Å². The molecule has 0 aromatic rings. The molecule has 15 heavy (non-hydrogen) atoms. The predicted octanol–water partition coefficient (Wildman–Crippen LogP) is -3.56. The van der Waals surface area contributed by atoms with Gasteiger partial charge in [-0.3, -0.25) is 0 Å². The average molecular weight is 227 g/mol. The van der Waals surface area contributed by atoms with Crippen molar-refractivity contribution >= 4 is 0 Å². The van der Waals surface area contributed by atoms with Gasteiger partial charge in [-0.15, -0.1) is 4.91 Å². The summed E-state index contributed by atoms with van der Waals surface area (Å²) in [6.07, 6.45) is -9.82. The molecular weight excluding hydrogens is 214 g/mol. The van der Waals surface area contributed by atoms with Crippen LogP contribution in [0.1, 0.15) is 0 Å². The van der Waals surface area contributed by atoms with Gasteiger partial charge in [-0.1, -0.05) is 0 Å². The Bertz CT molecular complexity index is 190. The molecule has 0 saturated heterocycles. The smallest absolute Gasteiger partial charge is 0.256 e. The molecule has 0 saturated carbocycles. The highest BCUT2D eigenvalue weighted by atomic mass is 16.8. The van der Waals surface area contributed by atoms with E-state index in [-0.39, 0.29) is 0 Å². The van der Waals surface area contributed by atoms with Crippen LogP contribution in [0.5, 0.6) is 0 Å². The first kappa shape index (κ1) is 14.2. The van der Waals surface area contributed by atoms with Crippen molar-refractivity contribution in [2.75, 3.05) is 6.61 Å². The molecule has 90 valence electrons. The van der Waals surface area contributed by atoms with E-state index in [2.05, 4.69) is 4.84 Å². The summed E-state index contributed by atoms with van der Waals surface area (Å²) >= 11 is 0. The molecule has 0 fully saturated rings. The quantitative estimate of drug-likeness (QED) is 0.148. The first-order chi connectivity index (χ1) is 6.95. The van der Waals surface area contributed by atoms with E-state index in [4.69, 9.17) is 30.6 Å². The Hall–Kier alpha value is -0.840. The third-order valence-electron chi connectivity index (χ3n) is 1.72. The Balaban J connectivity index is 4.28. The summed E-state index contributed by atoms with van der Waals surface area (Å²) < 4.78 is 0. The van der Waals surface area contributed by atoms with Gasteiger partial charge in [0.1, 0.15) is 24.4 Å². The summed E-state index contributed by atoms with van der Waals surface area (Å²) in [6.45, 7) is -0.853. The molecule has 0 aromatic heterocycles. The van der Waals surface area contributed by atoms with Gasteiger partial charge in [-0.05, 0) is 0 Å². The van der Waals surface area contributed by atoms with Crippen molar-refractivity contribution in [2.24, 2.45) is 5.34 Å². The van der Waals surface area contributed by atoms with E-state index in [1.807, 2.05) is 0 Å². The fourth-order valence-corrected chi connectivity index (χ4v) is 0.813. The molecule has 0 amide bonds. The molecular formula is C6H13NO8. The van der Waals surface area contributed by atoms with E-state index in [0.717, 1.165) is 0 Å². The molecule has 6 N–H and O–H groups in total. The van der Waals surface area contributed by atoms with Crippen LogP contribution in [0.15, 0.2) is 5.34 Å². The number of rotatable bonds is 7. The van der Waals surface area contributed by atoms with Gasteiger partial charge in [0.25, 0.3) is 6.29 Å². The van der Waals surface area contributed by atoms with E-state index in [9.17, 15) is 4.91 Å². The summed E-state index contributed by atoms with van der Waals surface area (Å²) in [7, 11) is 0. The Morgan fingerprint density at radius 2 is 1.53 bits per heavy atom. The summed E-state index contributed by atoms with van der Waals surface area (Å²) in [6, 6.07) is 0. The Morgan fingerprint density at radius 1 is 1.00 bits per heavy atom. The van der Waals surface area contributed by atoms with Gasteiger partial charge >= 0.3 is 0 Å². The molecule has 0 heterocycles. The van der Waals surface area contributed by atoms with E-state index in [1.54, 1.807) is 5.34 Å². The van der Waals surface area contributed by atoms with Crippen LogP contribution in [0.3, 0.4) is 0 Å². The lowest BCUT2D eigenvalue weighted by molar-refractivity contribution is -0.212. The van der Waals surface area contributed by atoms with Gasteiger partial charge < -0.3 is 35.5 Å². The molecule has 0 aliphatic carbocycles. The number of hydrogen-bond donors (Lipinski definition) is 6. The number of hydrogen-bond acceptors (Lipinski definition) is 9. The van der Waals surface area contributed by atoms with Crippen molar-refractivity contribution in [3.05, 3.63) is 4.91 Å². The molecule has 5 atom stereocenters. The average Bonchev–Trinajstić information content (AvgIpc) is 2.25. The van der Waals surface area contributed by atoms with Crippen LogP contribution < -0.4 is 0 Å². The van der Waals surface area contributed by atoms with Crippen LogP contribution in [-0.2, 0) is 4.84 Å². The van der Waals surface area contributed by atoms with Crippen molar-refractivity contribution in [3.63, 3.8) is 0 Å². The van der Waals surface area contributed by atoms with Gasteiger partial charge in [-0.25, -0.2) is 0 Å². The van der Waals surface area contributed by atoms with Crippen LogP contribution in [0, 0.1) is 4.91 Å². The minimum absolute atomic E-state index is 0.853. The molecule has 0 aliphatic rings. The lowest BCUT2D eigenvalue weighted by atomic mass is 10.0. The Morgan fingerprint density at radius 3 is 1.93 bits per heavy atom. The van der Waals surface area contributed by atoms with Gasteiger partial charge in [-0.2, -0.15) is 0 Å². The first-order valence-corrected chi connectivity index (χ1v) is 3.95. The Labute approximate surface area is 84.1 Å². The predicted molar refractivity (Wildman–Crippen MR) is 44.0 cm³/mol. The zero-order valence-corrected chi connectivity index (χ0v) is 7.54. The maximum absolute atomic E-state index is 9.53. The minimum atomic E-state index is -2.14. The number of aliphatic hydroxyl groups excluding tert-OH is 6. The molecule has 0 spiro atoms. The third-order valence-corrected chi connectivity index (χ3v) is 1.72. The van der Waals surface area contributed by atoms with E-state index in [0.29, 0.717) is 0 Å².